The average Bonchev–Trinajstić information content (AvgIpc) is 2.75. The largest absolute Gasteiger partial charge is 0.357 e. The number of carbonyl (C=O) groups excluding carboxylic acids is 2. The molecule has 0 spiro atoms. The SMILES string of the molecule is CCNC(=NCCCN1CCCCCC1=O)NCCC(=O)N(C)C.I. The summed E-state index contributed by atoms with van der Waals surface area (Å²) >= 11 is 0. The third-order valence-electron chi connectivity index (χ3n) is 4.00. The first kappa shape index (κ1) is 23.9. The Morgan fingerprint density at radius 2 is 2.00 bits per heavy atom. The molecule has 146 valence electrons. The number of likely N-dealkylation sites (tertiary alicyclic amines) is 1. The molecule has 1 aliphatic rings. The molecule has 2 amide bonds. The van der Waals surface area contributed by atoms with E-state index in [1.165, 1.54) is 0 Å². The zero-order valence-electron chi connectivity index (χ0n) is 15.8. The molecule has 25 heavy (non-hydrogen) atoms. The molecule has 0 saturated carbocycles. The Morgan fingerprint density at radius 3 is 2.68 bits per heavy atom. The topological polar surface area (TPSA) is 77.0 Å². The molecule has 1 fully saturated rings. The van der Waals surface area contributed by atoms with Crippen LogP contribution in [0.1, 0.15) is 45.4 Å². The van der Waals surface area contributed by atoms with Gasteiger partial charge in [0.2, 0.25) is 11.8 Å². The Balaban J connectivity index is 0.00000576. The number of aliphatic imine (C=N–C) groups is 1. The van der Waals surface area contributed by atoms with Gasteiger partial charge in [-0.05, 0) is 26.2 Å². The summed E-state index contributed by atoms with van der Waals surface area (Å²) in [6.45, 7) is 5.68. The van der Waals surface area contributed by atoms with Gasteiger partial charge in [0.1, 0.15) is 0 Å². The molecule has 1 saturated heterocycles. The van der Waals surface area contributed by atoms with E-state index in [2.05, 4.69) is 15.6 Å². The Morgan fingerprint density at radius 1 is 1.24 bits per heavy atom. The van der Waals surface area contributed by atoms with Crippen LogP contribution in [0.4, 0.5) is 0 Å². The smallest absolute Gasteiger partial charge is 0.223 e. The van der Waals surface area contributed by atoms with Crippen molar-refractivity contribution in [2.45, 2.75) is 45.4 Å². The summed E-state index contributed by atoms with van der Waals surface area (Å²) in [7, 11) is 3.51. The average molecular weight is 467 g/mol. The number of nitrogens with one attached hydrogen (secondary N) is 2. The summed E-state index contributed by atoms with van der Waals surface area (Å²) in [5.74, 6) is 1.10. The second-order valence-electron chi connectivity index (χ2n) is 6.27. The minimum atomic E-state index is 0. The number of carbonyl (C=O) groups is 2. The van der Waals surface area contributed by atoms with E-state index < -0.39 is 0 Å². The second kappa shape index (κ2) is 14.1. The monoisotopic (exact) mass is 467 g/mol. The number of nitrogens with zero attached hydrogens (tertiary/aromatic N) is 3. The van der Waals surface area contributed by atoms with E-state index in [1.807, 2.05) is 11.8 Å². The molecule has 1 heterocycles. The molecule has 0 unspecified atom stereocenters. The summed E-state index contributed by atoms with van der Waals surface area (Å²) in [5, 5.41) is 6.35. The first-order valence-electron chi connectivity index (χ1n) is 9.04. The number of guanidine groups is 1. The van der Waals surface area contributed by atoms with E-state index in [1.54, 1.807) is 19.0 Å². The van der Waals surface area contributed by atoms with Crippen molar-refractivity contribution < 1.29 is 9.59 Å². The van der Waals surface area contributed by atoms with E-state index in [0.29, 0.717) is 25.9 Å². The van der Waals surface area contributed by atoms with Gasteiger partial charge in [-0.1, -0.05) is 6.42 Å². The molecule has 0 aliphatic carbocycles. The van der Waals surface area contributed by atoms with Gasteiger partial charge in [-0.2, -0.15) is 0 Å². The molecule has 0 aromatic rings. The molecular formula is C17H34IN5O2. The first-order chi connectivity index (χ1) is 11.5. The van der Waals surface area contributed by atoms with Crippen LogP contribution in [0.25, 0.3) is 0 Å². The molecule has 0 aromatic heterocycles. The highest BCUT2D eigenvalue weighted by Crippen LogP contribution is 2.11. The Labute approximate surface area is 169 Å². The molecule has 0 bridgehead atoms. The van der Waals surface area contributed by atoms with Crippen molar-refractivity contribution in [2.24, 2.45) is 4.99 Å². The summed E-state index contributed by atoms with van der Waals surface area (Å²) in [4.78, 5) is 31.6. The fourth-order valence-corrected chi connectivity index (χ4v) is 2.58. The van der Waals surface area contributed by atoms with Crippen molar-refractivity contribution in [3.05, 3.63) is 0 Å². The molecular weight excluding hydrogens is 433 g/mol. The van der Waals surface area contributed by atoms with Crippen LogP contribution in [0.2, 0.25) is 0 Å². The van der Waals surface area contributed by atoms with Gasteiger partial charge in [0, 0.05) is 59.7 Å². The minimum Gasteiger partial charge on any atom is -0.357 e. The third kappa shape index (κ3) is 10.5. The zero-order valence-corrected chi connectivity index (χ0v) is 18.2. The van der Waals surface area contributed by atoms with Crippen LogP contribution in [0, 0.1) is 0 Å². The number of rotatable bonds is 8. The quantitative estimate of drug-likeness (QED) is 0.245. The van der Waals surface area contributed by atoms with Gasteiger partial charge in [0.25, 0.3) is 0 Å². The summed E-state index contributed by atoms with van der Waals surface area (Å²) in [6.07, 6.45) is 5.28. The van der Waals surface area contributed by atoms with E-state index >= 15 is 0 Å². The fourth-order valence-electron chi connectivity index (χ4n) is 2.58. The second-order valence-corrected chi connectivity index (χ2v) is 6.27. The van der Waals surface area contributed by atoms with Gasteiger partial charge in [0.15, 0.2) is 5.96 Å². The number of halogens is 1. The first-order valence-corrected chi connectivity index (χ1v) is 9.04. The maximum Gasteiger partial charge on any atom is 0.223 e. The lowest BCUT2D eigenvalue weighted by molar-refractivity contribution is -0.130. The molecule has 0 aromatic carbocycles. The Hall–Kier alpha value is -1.06. The number of hydrogen-bond acceptors (Lipinski definition) is 3. The zero-order chi connectivity index (χ0) is 17.8. The molecule has 1 rings (SSSR count). The highest BCUT2D eigenvalue weighted by atomic mass is 127. The molecule has 0 atom stereocenters. The van der Waals surface area contributed by atoms with Crippen molar-refractivity contribution in [2.75, 3.05) is 46.8 Å². The summed E-state index contributed by atoms with van der Waals surface area (Å²) in [6, 6.07) is 0. The van der Waals surface area contributed by atoms with Gasteiger partial charge in [0.05, 0.1) is 0 Å². The maximum absolute atomic E-state index is 11.9. The normalized spacial score (nSPS) is 15.2. The van der Waals surface area contributed by atoms with E-state index in [-0.39, 0.29) is 35.8 Å². The van der Waals surface area contributed by atoms with Crippen LogP contribution in [-0.4, -0.2) is 74.4 Å². The lowest BCUT2D eigenvalue weighted by Crippen LogP contribution is -2.39. The highest BCUT2D eigenvalue weighted by Gasteiger charge is 2.15. The maximum atomic E-state index is 11.9. The van der Waals surface area contributed by atoms with Gasteiger partial charge in [-0.3, -0.25) is 14.6 Å². The third-order valence-corrected chi connectivity index (χ3v) is 4.00. The Kier molecular flexibility index (Phi) is 13.5. The van der Waals surface area contributed by atoms with E-state index in [4.69, 9.17) is 0 Å². The van der Waals surface area contributed by atoms with Crippen molar-refractivity contribution in [1.29, 1.82) is 0 Å². The lowest BCUT2D eigenvalue weighted by Gasteiger charge is -2.20. The molecule has 1 aliphatic heterocycles. The van der Waals surface area contributed by atoms with Gasteiger partial charge in [-0.15, -0.1) is 24.0 Å². The minimum absolute atomic E-state index is 0. The van der Waals surface area contributed by atoms with Crippen LogP contribution in [0.3, 0.4) is 0 Å². The summed E-state index contributed by atoms with van der Waals surface area (Å²) < 4.78 is 0. The van der Waals surface area contributed by atoms with Crippen LogP contribution in [0.15, 0.2) is 4.99 Å². The van der Waals surface area contributed by atoms with Gasteiger partial charge < -0.3 is 20.4 Å². The van der Waals surface area contributed by atoms with Crippen molar-refractivity contribution >= 4 is 41.8 Å². The summed E-state index contributed by atoms with van der Waals surface area (Å²) in [5.41, 5.74) is 0. The van der Waals surface area contributed by atoms with Crippen molar-refractivity contribution in [3.8, 4) is 0 Å². The van der Waals surface area contributed by atoms with Gasteiger partial charge in [-0.25, -0.2) is 0 Å². The number of hydrogen-bond donors (Lipinski definition) is 2. The van der Waals surface area contributed by atoms with Crippen LogP contribution >= 0.6 is 24.0 Å². The molecule has 2 N–H and O–H groups in total. The highest BCUT2D eigenvalue weighted by molar-refractivity contribution is 14.0. The van der Waals surface area contributed by atoms with Gasteiger partial charge >= 0.3 is 0 Å². The van der Waals surface area contributed by atoms with Crippen molar-refractivity contribution in [3.63, 3.8) is 0 Å². The van der Waals surface area contributed by atoms with Crippen molar-refractivity contribution in [1.82, 2.24) is 20.4 Å². The molecule has 8 heteroatoms. The van der Waals surface area contributed by atoms with Crippen LogP contribution in [0.5, 0.6) is 0 Å². The predicted octanol–water partition coefficient (Wildman–Crippen LogP) is 1.43. The Bertz CT molecular complexity index is 429. The fraction of sp³-hybridized carbons (Fsp3) is 0.824. The van der Waals surface area contributed by atoms with Crippen LogP contribution in [-0.2, 0) is 9.59 Å². The number of amides is 2. The lowest BCUT2D eigenvalue weighted by atomic mass is 10.2. The van der Waals surface area contributed by atoms with E-state index in [9.17, 15) is 9.59 Å². The van der Waals surface area contributed by atoms with E-state index in [0.717, 1.165) is 51.3 Å². The standard InChI is InChI=1S/C17H33N5O2.HI/c1-4-18-17(20-12-10-15(23)21(2)3)19-11-8-14-22-13-7-5-6-9-16(22)24;/h4-14H2,1-3H3,(H2,18,19,20);1H. The molecule has 7 nitrogen and oxygen atoms in total. The van der Waals surface area contributed by atoms with Crippen LogP contribution < -0.4 is 10.6 Å². The molecule has 0 radical (unpaired) electrons. The predicted molar refractivity (Wildman–Crippen MR) is 112 cm³/mol.